The van der Waals surface area contributed by atoms with Gasteiger partial charge in [-0.05, 0) is 67.6 Å². The molecular weight excluding hydrogens is 436 g/mol. The van der Waals surface area contributed by atoms with Crippen LogP contribution in [-0.2, 0) is 9.53 Å². The van der Waals surface area contributed by atoms with Crippen molar-refractivity contribution in [3.05, 3.63) is 89.5 Å². The Balaban J connectivity index is 2.03. The number of anilines is 1. The van der Waals surface area contributed by atoms with E-state index < -0.39 is 41.2 Å². The fourth-order valence-electron chi connectivity index (χ4n) is 3.53. The van der Waals surface area contributed by atoms with Crippen LogP contribution in [0.15, 0.2) is 66.7 Å². The monoisotopic (exact) mass is 465 g/mol. The number of esters is 1. The van der Waals surface area contributed by atoms with E-state index in [1.165, 1.54) is 11.6 Å². The number of ether oxygens (including phenoxy) is 1. The van der Waals surface area contributed by atoms with Gasteiger partial charge in [-0.1, -0.05) is 56.3 Å². The number of nitrogens with zero attached hydrogens (tertiary/aromatic N) is 1. The predicted octanol–water partition coefficient (Wildman–Crippen LogP) is 6.74. The molecule has 0 aliphatic rings. The molecule has 0 unspecified atom stereocenters. The molecule has 0 N–H and O–H groups in total. The molecule has 0 fully saturated rings. The Morgan fingerprint density at radius 3 is 2.03 bits per heavy atom. The van der Waals surface area contributed by atoms with Gasteiger partial charge in [-0.3, -0.25) is 14.5 Å². The molecule has 4 nitrogen and oxygen atoms in total. The Bertz CT molecular complexity index is 1160. The third kappa shape index (κ3) is 6.07. The molecule has 0 atom stereocenters. The third-order valence-corrected chi connectivity index (χ3v) is 5.20. The lowest BCUT2D eigenvalue weighted by molar-refractivity contribution is -0.152. The first-order chi connectivity index (χ1) is 16.0. The molecule has 6 heteroatoms. The van der Waals surface area contributed by atoms with Crippen LogP contribution < -0.4 is 4.90 Å². The van der Waals surface area contributed by atoms with Crippen molar-refractivity contribution in [2.24, 2.45) is 0 Å². The van der Waals surface area contributed by atoms with Crippen LogP contribution in [0.5, 0.6) is 0 Å². The standard InChI is InChI=1S/C28H29F2NO3/c1-18(2)19-12-14-20(15-13-19)21-8-6-9-22(16-21)31(17-25(32)34-28(3,4)5)27(33)26-23(29)10-7-11-24(26)30/h6-16,18H,17H2,1-5H3. The molecule has 0 bridgehead atoms. The van der Waals surface area contributed by atoms with Crippen molar-refractivity contribution in [3.8, 4) is 11.1 Å². The van der Waals surface area contributed by atoms with Crippen molar-refractivity contribution < 1.29 is 23.1 Å². The summed E-state index contributed by atoms with van der Waals surface area (Å²) < 4.78 is 34.2. The summed E-state index contributed by atoms with van der Waals surface area (Å²) in [4.78, 5) is 26.9. The summed E-state index contributed by atoms with van der Waals surface area (Å²) in [5, 5.41) is 0. The average Bonchev–Trinajstić information content (AvgIpc) is 2.76. The second kappa shape index (κ2) is 10.2. The largest absolute Gasteiger partial charge is 0.459 e. The molecule has 0 radical (unpaired) electrons. The summed E-state index contributed by atoms with van der Waals surface area (Å²) >= 11 is 0. The summed E-state index contributed by atoms with van der Waals surface area (Å²) in [6.07, 6.45) is 0. The molecule has 0 saturated carbocycles. The Kier molecular flexibility index (Phi) is 7.50. The Labute approximate surface area is 199 Å². The van der Waals surface area contributed by atoms with Gasteiger partial charge in [0.15, 0.2) is 0 Å². The van der Waals surface area contributed by atoms with E-state index in [9.17, 15) is 18.4 Å². The highest BCUT2D eigenvalue weighted by Gasteiger charge is 2.28. The Hall–Kier alpha value is -3.54. The maximum Gasteiger partial charge on any atom is 0.326 e. The van der Waals surface area contributed by atoms with Crippen molar-refractivity contribution in [2.45, 2.75) is 46.1 Å². The Morgan fingerprint density at radius 1 is 0.882 bits per heavy atom. The van der Waals surface area contributed by atoms with Crippen LogP contribution in [0, 0.1) is 11.6 Å². The number of benzene rings is 3. The summed E-state index contributed by atoms with van der Waals surface area (Å²) in [6, 6.07) is 18.1. The molecule has 0 aliphatic carbocycles. The molecule has 3 aromatic rings. The first-order valence-corrected chi connectivity index (χ1v) is 11.1. The predicted molar refractivity (Wildman–Crippen MR) is 130 cm³/mol. The number of carbonyl (C=O) groups excluding carboxylic acids is 2. The van der Waals surface area contributed by atoms with Crippen molar-refractivity contribution in [2.75, 3.05) is 11.4 Å². The number of carbonyl (C=O) groups is 2. The quantitative estimate of drug-likeness (QED) is 0.379. The second-order valence-electron chi connectivity index (χ2n) is 9.40. The molecule has 178 valence electrons. The fourth-order valence-corrected chi connectivity index (χ4v) is 3.53. The van der Waals surface area contributed by atoms with Crippen molar-refractivity contribution in [3.63, 3.8) is 0 Å². The smallest absolute Gasteiger partial charge is 0.326 e. The molecule has 34 heavy (non-hydrogen) atoms. The van der Waals surface area contributed by atoms with E-state index in [0.29, 0.717) is 11.6 Å². The van der Waals surface area contributed by atoms with Gasteiger partial charge in [-0.15, -0.1) is 0 Å². The van der Waals surface area contributed by atoms with Crippen LogP contribution in [0.25, 0.3) is 11.1 Å². The molecule has 0 aliphatic heterocycles. The summed E-state index contributed by atoms with van der Waals surface area (Å²) in [6.45, 7) is 8.83. The summed E-state index contributed by atoms with van der Waals surface area (Å²) in [5.41, 5.74) is 1.71. The van der Waals surface area contributed by atoms with Gasteiger partial charge in [-0.2, -0.15) is 0 Å². The molecule has 3 aromatic carbocycles. The van der Waals surface area contributed by atoms with Crippen LogP contribution in [0.3, 0.4) is 0 Å². The number of rotatable bonds is 6. The van der Waals surface area contributed by atoms with Crippen LogP contribution in [0.4, 0.5) is 14.5 Å². The maximum absolute atomic E-state index is 14.4. The molecule has 3 rings (SSSR count). The zero-order chi connectivity index (χ0) is 25.0. The Morgan fingerprint density at radius 2 is 1.47 bits per heavy atom. The average molecular weight is 466 g/mol. The molecule has 0 spiro atoms. The van der Waals surface area contributed by atoms with Crippen LogP contribution in [0.1, 0.15) is 56.5 Å². The van der Waals surface area contributed by atoms with Crippen molar-refractivity contribution >= 4 is 17.6 Å². The van der Waals surface area contributed by atoms with E-state index in [4.69, 9.17) is 4.74 Å². The highest BCUT2D eigenvalue weighted by molar-refractivity contribution is 6.09. The van der Waals surface area contributed by atoms with Crippen LogP contribution in [-0.4, -0.2) is 24.0 Å². The van der Waals surface area contributed by atoms with Gasteiger partial charge >= 0.3 is 5.97 Å². The minimum Gasteiger partial charge on any atom is -0.459 e. The highest BCUT2D eigenvalue weighted by atomic mass is 19.1. The van der Waals surface area contributed by atoms with Gasteiger partial charge in [0.1, 0.15) is 29.3 Å². The normalized spacial score (nSPS) is 11.4. The molecule has 1 amide bonds. The minimum atomic E-state index is -1.00. The zero-order valence-electron chi connectivity index (χ0n) is 20.1. The third-order valence-electron chi connectivity index (χ3n) is 5.20. The highest BCUT2D eigenvalue weighted by Crippen LogP contribution is 2.28. The van der Waals surface area contributed by atoms with Gasteiger partial charge < -0.3 is 4.74 Å². The van der Waals surface area contributed by atoms with Crippen LogP contribution in [0.2, 0.25) is 0 Å². The lowest BCUT2D eigenvalue weighted by Crippen LogP contribution is -2.39. The number of hydrogen-bond acceptors (Lipinski definition) is 3. The van der Waals surface area contributed by atoms with E-state index in [-0.39, 0.29) is 0 Å². The van der Waals surface area contributed by atoms with E-state index in [2.05, 4.69) is 13.8 Å². The summed E-state index contributed by atoms with van der Waals surface area (Å²) in [7, 11) is 0. The lowest BCUT2D eigenvalue weighted by atomic mass is 9.98. The molecular formula is C28H29F2NO3. The number of amides is 1. The molecule has 0 heterocycles. The van der Waals surface area contributed by atoms with E-state index in [1.807, 2.05) is 30.3 Å². The number of hydrogen-bond donors (Lipinski definition) is 0. The van der Waals surface area contributed by atoms with Gasteiger partial charge in [0.05, 0.1) is 0 Å². The van der Waals surface area contributed by atoms with Crippen LogP contribution >= 0.6 is 0 Å². The van der Waals surface area contributed by atoms with Gasteiger partial charge in [-0.25, -0.2) is 8.78 Å². The SMILES string of the molecule is CC(C)c1ccc(-c2cccc(N(CC(=O)OC(C)(C)C)C(=O)c3c(F)cccc3F)c2)cc1. The number of halogens is 2. The first-order valence-electron chi connectivity index (χ1n) is 11.1. The topological polar surface area (TPSA) is 46.6 Å². The minimum absolute atomic E-state index is 0.323. The van der Waals surface area contributed by atoms with Crippen molar-refractivity contribution in [1.29, 1.82) is 0 Å². The fraction of sp³-hybridized carbons (Fsp3) is 0.286. The van der Waals surface area contributed by atoms with Gasteiger partial charge in [0.2, 0.25) is 0 Å². The van der Waals surface area contributed by atoms with Gasteiger partial charge in [0, 0.05) is 5.69 Å². The second-order valence-corrected chi connectivity index (χ2v) is 9.40. The van der Waals surface area contributed by atoms with Crippen molar-refractivity contribution in [1.82, 2.24) is 0 Å². The molecule has 0 saturated heterocycles. The molecule has 0 aromatic heterocycles. The van der Waals surface area contributed by atoms with E-state index >= 15 is 0 Å². The first kappa shape index (κ1) is 25.1. The zero-order valence-corrected chi connectivity index (χ0v) is 20.1. The maximum atomic E-state index is 14.4. The van der Waals surface area contributed by atoms with E-state index in [0.717, 1.165) is 28.2 Å². The van der Waals surface area contributed by atoms with Gasteiger partial charge in [0.25, 0.3) is 5.91 Å². The lowest BCUT2D eigenvalue weighted by Gasteiger charge is -2.26. The van der Waals surface area contributed by atoms with E-state index in [1.54, 1.807) is 39.0 Å². The summed E-state index contributed by atoms with van der Waals surface area (Å²) in [5.74, 6) is -3.27.